The highest BCUT2D eigenvalue weighted by Gasteiger charge is 2.37. The first-order valence-electron chi connectivity index (χ1n) is 13.9. The molecule has 220 valence electrons. The van der Waals surface area contributed by atoms with Crippen LogP contribution in [0.25, 0.3) is 0 Å². The monoisotopic (exact) mass is 562 g/mol. The van der Waals surface area contributed by atoms with Crippen LogP contribution in [0, 0.1) is 12.3 Å². The summed E-state index contributed by atoms with van der Waals surface area (Å²) in [7, 11) is 0. The first-order valence-corrected chi connectivity index (χ1v) is 13.9. The molecule has 0 fully saturated rings. The highest BCUT2D eigenvalue weighted by Crippen LogP contribution is 2.27. The molecule has 0 heterocycles. The van der Waals surface area contributed by atoms with Crippen LogP contribution < -0.4 is 16.4 Å². The number of amides is 4. The van der Waals surface area contributed by atoms with E-state index in [0.29, 0.717) is 17.5 Å². The van der Waals surface area contributed by atoms with Gasteiger partial charge in [0.2, 0.25) is 17.7 Å². The Morgan fingerprint density at radius 2 is 1.68 bits per heavy atom. The van der Waals surface area contributed by atoms with Crippen molar-refractivity contribution >= 4 is 23.8 Å². The van der Waals surface area contributed by atoms with Gasteiger partial charge in [0.25, 0.3) is 0 Å². The predicted molar refractivity (Wildman–Crippen MR) is 158 cm³/mol. The maximum absolute atomic E-state index is 14.2. The summed E-state index contributed by atoms with van der Waals surface area (Å²) in [6, 6.07) is 14.1. The average Bonchev–Trinajstić information content (AvgIpc) is 2.93. The number of carbonyl (C=O) groups excluding carboxylic acids is 4. The van der Waals surface area contributed by atoms with Crippen LogP contribution in [0.2, 0.25) is 0 Å². The van der Waals surface area contributed by atoms with Gasteiger partial charge in [-0.3, -0.25) is 14.4 Å². The number of terminal acetylenes is 1. The maximum Gasteiger partial charge on any atom is 0.408 e. The molecule has 41 heavy (non-hydrogen) atoms. The summed E-state index contributed by atoms with van der Waals surface area (Å²) in [5.74, 6) is 1.03. The second kappa shape index (κ2) is 16.1. The van der Waals surface area contributed by atoms with Gasteiger partial charge in [-0.15, -0.1) is 6.42 Å². The Kier molecular flexibility index (Phi) is 12.9. The van der Waals surface area contributed by atoms with E-state index >= 15 is 0 Å². The van der Waals surface area contributed by atoms with Crippen molar-refractivity contribution in [1.82, 2.24) is 15.5 Å². The Hall–Kier alpha value is -4.32. The van der Waals surface area contributed by atoms with E-state index in [0.717, 1.165) is 18.4 Å². The summed E-state index contributed by atoms with van der Waals surface area (Å²) in [5.41, 5.74) is 6.41. The van der Waals surface area contributed by atoms with E-state index in [1.165, 1.54) is 4.90 Å². The van der Waals surface area contributed by atoms with Gasteiger partial charge in [-0.05, 0) is 50.8 Å². The lowest BCUT2D eigenvalue weighted by Crippen LogP contribution is -2.53. The van der Waals surface area contributed by atoms with Crippen LogP contribution in [0.3, 0.4) is 0 Å². The number of rotatable bonds is 14. The first-order chi connectivity index (χ1) is 19.5. The second-order valence-corrected chi connectivity index (χ2v) is 10.8. The van der Waals surface area contributed by atoms with Crippen LogP contribution in [0.4, 0.5) is 4.79 Å². The van der Waals surface area contributed by atoms with Crippen LogP contribution in [-0.2, 0) is 25.7 Å². The molecular weight excluding hydrogens is 520 g/mol. The van der Waals surface area contributed by atoms with E-state index in [1.807, 2.05) is 37.3 Å². The Balaban J connectivity index is 2.54. The number of nitrogens with zero attached hydrogens (tertiary/aromatic N) is 1. The van der Waals surface area contributed by atoms with Crippen molar-refractivity contribution in [3.63, 3.8) is 0 Å². The van der Waals surface area contributed by atoms with Crippen molar-refractivity contribution in [3.05, 3.63) is 71.3 Å². The molecule has 0 aliphatic rings. The molecule has 2 atom stereocenters. The lowest BCUT2D eigenvalue weighted by atomic mass is 9.96. The lowest BCUT2D eigenvalue weighted by Gasteiger charge is -2.35. The van der Waals surface area contributed by atoms with Crippen molar-refractivity contribution in [1.29, 1.82) is 0 Å². The molecule has 0 aliphatic carbocycles. The summed E-state index contributed by atoms with van der Waals surface area (Å²) in [5, 5.41) is 5.55. The molecule has 0 bridgehead atoms. The number of nitrogens with one attached hydrogen (secondary N) is 2. The molecule has 0 saturated carbocycles. The standard InChI is InChI=1S/C32H42N4O5/c1-6-8-14-21-36(30(39)26(19-20-27(33)37)35-31(40)41-32(3,4)5)28(25-18-13-12-17-24(25)7-2)29(38)34-22-23-15-10-9-11-16-23/h2,9-13,15-18,26,28H,6,8,14,19-22H2,1,3-5H3,(H2,33,37)(H,34,38)(H,35,40). The Labute approximate surface area is 243 Å². The fourth-order valence-corrected chi connectivity index (χ4v) is 4.29. The van der Waals surface area contributed by atoms with Crippen molar-refractivity contribution < 1.29 is 23.9 Å². The molecule has 9 heteroatoms. The summed E-state index contributed by atoms with van der Waals surface area (Å²) in [4.78, 5) is 53.9. The minimum absolute atomic E-state index is 0.0627. The number of ether oxygens (including phenoxy) is 1. The van der Waals surface area contributed by atoms with Crippen molar-refractivity contribution in [2.24, 2.45) is 5.73 Å². The molecule has 2 unspecified atom stereocenters. The van der Waals surface area contributed by atoms with E-state index in [1.54, 1.807) is 45.0 Å². The molecule has 9 nitrogen and oxygen atoms in total. The highest BCUT2D eigenvalue weighted by atomic mass is 16.6. The number of hydrogen-bond donors (Lipinski definition) is 3. The second-order valence-electron chi connectivity index (χ2n) is 10.8. The van der Waals surface area contributed by atoms with Crippen molar-refractivity contribution in [3.8, 4) is 12.3 Å². The summed E-state index contributed by atoms with van der Waals surface area (Å²) in [6.45, 7) is 7.60. The number of hydrogen-bond acceptors (Lipinski definition) is 5. The van der Waals surface area contributed by atoms with E-state index in [2.05, 4.69) is 16.6 Å². The van der Waals surface area contributed by atoms with Gasteiger partial charge in [-0.1, -0.05) is 74.2 Å². The number of primary amides is 1. The zero-order valence-corrected chi connectivity index (χ0v) is 24.4. The smallest absolute Gasteiger partial charge is 0.408 e. The zero-order chi connectivity index (χ0) is 30.4. The SMILES string of the molecule is C#Cc1ccccc1C(C(=O)NCc1ccccc1)N(CCCCC)C(=O)C(CCC(N)=O)NC(=O)OC(C)(C)C. The van der Waals surface area contributed by atoms with Crippen LogP contribution in [0.1, 0.15) is 82.5 Å². The van der Waals surface area contributed by atoms with Gasteiger partial charge in [0.15, 0.2) is 0 Å². The Morgan fingerprint density at radius 1 is 1.02 bits per heavy atom. The number of nitrogens with two attached hydrogens (primary N) is 1. The molecule has 4 N–H and O–H groups in total. The lowest BCUT2D eigenvalue weighted by molar-refractivity contribution is -0.143. The maximum atomic E-state index is 14.2. The fraction of sp³-hybridized carbons (Fsp3) is 0.438. The molecule has 2 aromatic carbocycles. The predicted octanol–water partition coefficient (Wildman–Crippen LogP) is 4.20. The van der Waals surface area contributed by atoms with Crippen LogP contribution in [0.15, 0.2) is 54.6 Å². The number of benzene rings is 2. The Morgan fingerprint density at radius 3 is 2.29 bits per heavy atom. The molecule has 0 radical (unpaired) electrons. The summed E-state index contributed by atoms with van der Waals surface area (Å²) < 4.78 is 5.38. The first kappa shape index (κ1) is 32.9. The van der Waals surface area contributed by atoms with E-state index in [9.17, 15) is 19.2 Å². The van der Waals surface area contributed by atoms with Gasteiger partial charge in [0.1, 0.15) is 17.7 Å². The Bertz CT molecular complexity index is 1220. The molecule has 2 rings (SSSR count). The van der Waals surface area contributed by atoms with Gasteiger partial charge < -0.3 is 26.0 Å². The van der Waals surface area contributed by atoms with Crippen LogP contribution in [-0.4, -0.2) is 46.9 Å². The average molecular weight is 563 g/mol. The minimum Gasteiger partial charge on any atom is -0.444 e. The molecule has 0 spiro atoms. The topological polar surface area (TPSA) is 131 Å². The fourth-order valence-electron chi connectivity index (χ4n) is 4.29. The highest BCUT2D eigenvalue weighted by molar-refractivity contribution is 5.92. The van der Waals surface area contributed by atoms with Crippen LogP contribution >= 0.6 is 0 Å². The minimum atomic E-state index is -1.17. The van der Waals surface area contributed by atoms with E-state index < -0.39 is 41.5 Å². The van der Waals surface area contributed by atoms with E-state index in [4.69, 9.17) is 16.9 Å². The third-order valence-electron chi connectivity index (χ3n) is 6.23. The molecule has 0 saturated heterocycles. The normalized spacial score (nSPS) is 12.4. The van der Waals surface area contributed by atoms with Gasteiger partial charge in [-0.25, -0.2) is 4.79 Å². The third kappa shape index (κ3) is 11.0. The van der Waals surface area contributed by atoms with Gasteiger partial charge in [0, 0.05) is 25.1 Å². The van der Waals surface area contributed by atoms with Crippen LogP contribution in [0.5, 0.6) is 0 Å². The van der Waals surface area contributed by atoms with Gasteiger partial charge in [0.05, 0.1) is 0 Å². The van der Waals surface area contributed by atoms with Gasteiger partial charge in [-0.2, -0.15) is 0 Å². The third-order valence-corrected chi connectivity index (χ3v) is 6.23. The van der Waals surface area contributed by atoms with Crippen molar-refractivity contribution in [2.75, 3.05) is 6.54 Å². The quantitative estimate of drug-likeness (QED) is 0.235. The summed E-state index contributed by atoms with van der Waals surface area (Å²) in [6.07, 6.45) is 7.08. The van der Waals surface area contributed by atoms with Crippen molar-refractivity contribution in [2.45, 2.75) is 84.0 Å². The molecule has 2 aromatic rings. The summed E-state index contributed by atoms with van der Waals surface area (Å²) >= 11 is 0. The largest absolute Gasteiger partial charge is 0.444 e. The molecule has 0 aliphatic heterocycles. The molecule has 0 aromatic heterocycles. The molecular formula is C32H42N4O5. The zero-order valence-electron chi connectivity index (χ0n) is 24.4. The van der Waals surface area contributed by atoms with Gasteiger partial charge >= 0.3 is 6.09 Å². The number of unbranched alkanes of at least 4 members (excludes halogenated alkanes) is 2. The number of alkyl carbamates (subject to hydrolysis) is 1. The number of carbonyl (C=O) groups is 4. The molecule has 4 amide bonds. The van der Waals surface area contributed by atoms with E-state index in [-0.39, 0.29) is 25.9 Å².